The molecule has 0 bridgehead atoms. The van der Waals surface area contributed by atoms with Crippen molar-refractivity contribution in [1.29, 1.82) is 5.26 Å². The average molecular weight is 585 g/mol. The molecule has 1 heterocycles. The Hall–Kier alpha value is -5.41. The van der Waals surface area contributed by atoms with Gasteiger partial charge in [0.05, 0.1) is 12.8 Å². The maximum absolute atomic E-state index is 13.4. The largest absolute Gasteiger partial charge is 0.497 e. The number of carboxylic acids is 2. The summed E-state index contributed by atoms with van der Waals surface area (Å²) < 4.78 is 5.16. The molecular weight excluding hydrogens is 552 g/mol. The molecule has 1 aliphatic rings. The van der Waals surface area contributed by atoms with Crippen molar-refractivity contribution in [2.75, 3.05) is 19.5 Å². The van der Waals surface area contributed by atoms with Gasteiger partial charge in [0.2, 0.25) is 11.9 Å². The van der Waals surface area contributed by atoms with Crippen molar-refractivity contribution in [3.8, 4) is 11.9 Å². The van der Waals surface area contributed by atoms with Gasteiger partial charge in [-0.1, -0.05) is 30.3 Å². The molecule has 5 N–H and O–H groups in total. The summed E-state index contributed by atoms with van der Waals surface area (Å²) in [5.74, 6) is -1.57. The molecule has 12 heteroatoms. The fourth-order valence-electron chi connectivity index (χ4n) is 4.87. The molecule has 2 unspecified atom stereocenters. The highest BCUT2D eigenvalue weighted by molar-refractivity contribution is 5.96. The Balaban J connectivity index is 1.44. The van der Waals surface area contributed by atoms with Crippen molar-refractivity contribution in [3.05, 3.63) is 89.0 Å². The van der Waals surface area contributed by atoms with Crippen LogP contribution in [0.1, 0.15) is 34.7 Å². The Labute approximate surface area is 248 Å². The number of rotatable bonds is 11. The molecule has 3 aromatic rings. The van der Waals surface area contributed by atoms with E-state index in [0.717, 1.165) is 16.7 Å². The zero-order chi connectivity index (χ0) is 30.9. The number of aryl methyl sites for hydroxylation is 1. The number of hydrogen-bond donors (Lipinski definition) is 5. The first kappa shape index (κ1) is 30.5. The first-order valence-electron chi connectivity index (χ1n) is 13.5. The Morgan fingerprint density at radius 1 is 1.07 bits per heavy atom. The second-order valence-electron chi connectivity index (χ2n) is 10.1. The Kier molecular flexibility index (Phi) is 9.93. The van der Waals surface area contributed by atoms with Gasteiger partial charge in [-0.3, -0.25) is 19.8 Å². The third-order valence-electron chi connectivity index (χ3n) is 7.00. The van der Waals surface area contributed by atoms with E-state index in [9.17, 15) is 24.8 Å². The van der Waals surface area contributed by atoms with E-state index in [0.29, 0.717) is 35.7 Å². The molecule has 222 valence electrons. The lowest BCUT2D eigenvalue weighted by Gasteiger charge is -2.23. The molecule has 0 radical (unpaired) electrons. The third kappa shape index (κ3) is 8.08. The van der Waals surface area contributed by atoms with Gasteiger partial charge in [0.25, 0.3) is 0 Å². The van der Waals surface area contributed by atoms with Gasteiger partial charge in [0.15, 0.2) is 6.19 Å². The van der Waals surface area contributed by atoms with E-state index in [1.165, 1.54) is 0 Å². The van der Waals surface area contributed by atoms with Crippen LogP contribution in [-0.4, -0.2) is 59.1 Å². The van der Waals surface area contributed by atoms with Crippen molar-refractivity contribution < 1.29 is 29.3 Å². The number of ether oxygens (including phenoxy) is 1. The van der Waals surface area contributed by atoms with Crippen molar-refractivity contribution >= 4 is 35.2 Å². The number of carbonyl (C=O) groups excluding carboxylic acids is 1. The lowest BCUT2D eigenvalue weighted by molar-refractivity contribution is -0.142. The number of carbonyl (C=O) groups is 3. The molecule has 43 heavy (non-hydrogen) atoms. The lowest BCUT2D eigenvalue weighted by atomic mass is 10.0. The van der Waals surface area contributed by atoms with Crippen LogP contribution in [0, 0.1) is 11.5 Å². The smallest absolute Gasteiger partial charge is 0.326 e. The summed E-state index contributed by atoms with van der Waals surface area (Å²) in [6.45, 7) is 0.453. The van der Waals surface area contributed by atoms with Crippen LogP contribution in [-0.2, 0) is 33.8 Å². The quantitative estimate of drug-likeness (QED) is 0.0974. The number of nitrogens with one attached hydrogen (secondary N) is 3. The monoisotopic (exact) mass is 584 g/mol. The van der Waals surface area contributed by atoms with Crippen LogP contribution in [0.2, 0.25) is 0 Å². The van der Waals surface area contributed by atoms with Crippen molar-refractivity contribution in [3.63, 3.8) is 0 Å². The van der Waals surface area contributed by atoms with Crippen LogP contribution in [0.4, 0.5) is 11.4 Å². The molecule has 0 fully saturated rings. The second kappa shape index (κ2) is 14.0. The molecule has 0 aliphatic carbocycles. The molecule has 4 rings (SSSR count). The summed E-state index contributed by atoms with van der Waals surface area (Å²) >= 11 is 0. The van der Waals surface area contributed by atoms with Gasteiger partial charge in [-0.2, -0.15) is 5.26 Å². The fourth-order valence-corrected chi connectivity index (χ4v) is 4.87. The summed E-state index contributed by atoms with van der Waals surface area (Å²) in [5, 5.41) is 36.2. The molecule has 12 nitrogen and oxygen atoms in total. The first-order chi connectivity index (χ1) is 20.7. The van der Waals surface area contributed by atoms with E-state index < -0.39 is 29.9 Å². The maximum atomic E-state index is 13.4. The summed E-state index contributed by atoms with van der Waals surface area (Å²) in [4.78, 5) is 42.5. The van der Waals surface area contributed by atoms with Crippen LogP contribution < -0.4 is 20.7 Å². The number of aliphatic carboxylic acids is 2. The number of benzene rings is 3. The number of guanidine groups is 1. The number of carboxylic acid groups (broad SMARTS) is 2. The highest BCUT2D eigenvalue weighted by Gasteiger charge is 2.35. The van der Waals surface area contributed by atoms with Crippen LogP contribution in [0.3, 0.4) is 0 Å². The number of aliphatic imine (C=N–C) groups is 1. The van der Waals surface area contributed by atoms with Crippen molar-refractivity contribution in [1.82, 2.24) is 15.5 Å². The van der Waals surface area contributed by atoms with Gasteiger partial charge in [-0.25, -0.2) is 9.79 Å². The SMILES string of the molecule is COc1ccc(N=C(NC#N)Nc2ccc3c(c2)CN(C)C3C(=O)NC(Cc2ccc(CCC(=O)O)cc2)C(=O)O)cc1. The zero-order valence-electron chi connectivity index (χ0n) is 23.7. The van der Waals surface area contributed by atoms with Gasteiger partial charge in [0.1, 0.15) is 17.8 Å². The molecule has 0 spiro atoms. The summed E-state index contributed by atoms with van der Waals surface area (Å²) in [5.41, 5.74) is 4.42. The third-order valence-corrected chi connectivity index (χ3v) is 7.00. The predicted octanol–water partition coefficient (Wildman–Crippen LogP) is 3.18. The van der Waals surface area contributed by atoms with Gasteiger partial charge < -0.3 is 25.6 Å². The van der Waals surface area contributed by atoms with Crippen LogP contribution >= 0.6 is 0 Å². The molecule has 2 atom stereocenters. The number of methoxy groups -OCH3 is 1. The lowest BCUT2D eigenvalue weighted by Crippen LogP contribution is -2.46. The molecule has 0 saturated carbocycles. The predicted molar refractivity (Wildman–Crippen MR) is 159 cm³/mol. The Morgan fingerprint density at radius 3 is 2.40 bits per heavy atom. The highest BCUT2D eigenvalue weighted by atomic mass is 16.5. The van der Waals surface area contributed by atoms with Gasteiger partial charge in [-0.05, 0) is 72.1 Å². The second-order valence-corrected chi connectivity index (χ2v) is 10.1. The Morgan fingerprint density at radius 2 is 1.77 bits per heavy atom. The number of likely N-dealkylation sites (N-methyl/N-ethyl adjacent to an activating group) is 1. The summed E-state index contributed by atoms with van der Waals surface area (Å²) in [6, 6.07) is 17.7. The minimum absolute atomic E-state index is 0.0102. The van der Waals surface area contributed by atoms with Gasteiger partial charge in [0, 0.05) is 25.1 Å². The van der Waals surface area contributed by atoms with E-state index >= 15 is 0 Å². The van der Waals surface area contributed by atoms with Crippen molar-refractivity contribution in [2.45, 2.75) is 37.9 Å². The van der Waals surface area contributed by atoms with E-state index in [2.05, 4.69) is 20.9 Å². The number of anilines is 1. The highest BCUT2D eigenvalue weighted by Crippen LogP contribution is 2.34. The van der Waals surface area contributed by atoms with Crippen LogP contribution in [0.25, 0.3) is 0 Å². The molecule has 0 aromatic heterocycles. The zero-order valence-corrected chi connectivity index (χ0v) is 23.7. The molecule has 1 amide bonds. The fraction of sp³-hybridized carbons (Fsp3) is 0.258. The average Bonchev–Trinajstić information content (AvgIpc) is 3.31. The van der Waals surface area contributed by atoms with E-state index in [1.807, 2.05) is 17.2 Å². The van der Waals surface area contributed by atoms with Gasteiger partial charge >= 0.3 is 11.9 Å². The summed E-state index contributed by atoms with van der Waals surface area (Å²) in [7, 11) is 3.36. The van der Waals surface area contributed by atoms with Gasteiger partial charge in [-0.15, -0.1) is 0 Å². The van der Waals surface area contributed by atoms with Crippen molar-refractivity contribution in [2.24, 2.45) is 4.99 Å². The summed E-state index contributed by atoms with van der Waals surface area (Å²) in [6.07, 6.45) is 2.34. The minimum atomic E-state index is -1.16. The van der Waals surface area contributed by atoms with E-state index in [1.54, 1.807) is 74.8 Å². The number of nitriles is 1. The number of hydrogen-bond acceptors (Lipinski definition) is 7. The van der Waals surface area contributed by atoms with E-state index in [-0.39, 0.29) is 18.8 Å². The minimum Gasteiger partial charge on any atom is -0.497 e. The molecule has 3 aromatic carbocycles. The molecule has 0 saturated heterocycles. The molecule has 1 aliphatic heterocycles. The maximum Gasteiger partial charge on any atom is 0.326 e. The normalized spacial score (nSPS) is 15.1. The number of amides is 1. The standard InChI is InChI=1S/C31H32N6O6/c1-37-17-21-16-23(35-31(33-18-32)34-22-8-11-24(43-2)12-9-22)10-13-25(21)28(37)29(40)36-26(30(41)42)15-20-5-3-19(4-6-20)7-14-27(38)39/h3-6,8-13,16,26,28H,7,14-15,17H2,1-2H3,(H,36,40)(H,38,39)(H,41,42)(H2,33,34,35). The Bertz CT molecular complexity index is 1550. The van der Waals surface area contributed by atoms with Crippen LogP contribution in [0.5, 0.6) is 5.75 Å². The van der Waals surface area contributed by atoms with Crippen LogP contribution in [0.15, 0.2) is 71.7 Å². The topological polar surface area (TPSA) is 176 Å². The van der Waals surface area contributed by atoms with E-state index in [4.69, 9.17) is 9.84 Å². The molecular formula is C31H32N6O6. The number of fused-ring (bicyclic) bond motifs is 1. The first-order valence-corrected chi connectivity index (χ1v) is 13.5. The number of nitrogens with zero attached hydrogens (tertiary/aromatic N) is 3.